The Kier molecular flexibility index (Phi) is 3.28. The molecule has 1 aliphatic heterocycles. The molecule has 3 aromatic rings. The summed E-state index contributed by atoms with van der Waals surface area (Å²) in [6, 6.07) is 3.60. The average molecular weight is 348 g/mol. The second kappa shape index (κ2) is 5.24. The summed E-state index contributed by atoms with van der Waals surface area (Å²) in [5.74, 6) is 1.48. The van der Waals surface area contributed by atoms with Crippen LogP contribution in [0.2, 0.25) is 0 Å². The third kappa shape index (κ3) is 2.24. The van der Waals surface area contributed by atoms with Gasteiger partial charge in [0, 0.05) is 20.1 Å². The fraction of sp³-hybridized carbons (Fsp3) is 0.385. The van der Waals surface area contributed by atoms with Gasteiger partial charge < -0.3 is 9.88 Å². The van der Waals surface area contributed by atoms with Gasteiger partial charge in [0.1, 0.15) is 5.82 Å². The molecule has 10 nitrogen and oxygen atoms in total. The molecule has 4 heterocycles. The molecular formula is C13H16N8O2S. The van der Waals surface area contributed by atoms with E-state index in [-0.39, 0.29) is 11.1 Å². The van der Waals surface area contributed by atoms with Gasteiger partial charge in [-0.05, 0) is 19.1 Å². The molecule has 11 heteroatoms. The predicted molar refractivity (Wildman–Crippen MR) is 85.1 cm³/mol. The number of aryl methyl sites for hydroxylation is 1. The number of nitrogens with zero attached hydrogens (tertiary/aromatic N) is 7. The Bertz CT molecular complexity index is 975. The summed E-state index contributed by atoms with van der Waals surface area (Å²) in [5, 5.41) is 12.6. The van der Waals surface area contributed by atoms with Crippen LogP contribution in [0.3, 0.4) is 0 Å². The van der Waals surface area contributed by atoms with Gasteiger partial charge in [0.05, 0.1) is 18.6 Å². The third-order valence-corrected chi connectivity index (χ3v) is 6.07. The molecule has 1 fully saturated rings. The van der Waals surface area contributed by atoms with Crippen LogP contribution in [0.4, 0.5) is 5.82 Å². The Balaban J connectivity index is 1.50. The number of sulfonamides is 1. The van der Waals surface area contributed by atoms with Crippen molar-refractivity contribution >= 4 is 21.5 Å². The first kappa shape index (κ1) is 15.0. The van der Waals surface area contributed by atoms with E-state index in [0.29, 0.717) is 24.6 Å². The van der Waals surface area contributed by atoms with Gasteiger partial charge in [-0.15, -0.1) is 15.3 Å². The van der Waals surface area contributed by atoms with Crippen molar-refractivity contribution in [1.82, 2.24) is 34.1 Å². The molecule has 24 heavy (non-hydrogen) atoms. The van der Waals surface area contributed by atoms with E-state index in [0.717, 1.165) is 5.82 Å². The van der Waals surface area contributed by atoms with Gasteiger partial charge >= 0.3 is 0 Å². The van der Waals surface area contributed by atoms with Crippen LogP contribution in [0.1, 0.15) is 5.82 Å². The molecule has 3 aromatic heterocycles. The van der Waals surface area contributed by atoms with Crippen molar-refractivity contribution in [1.29, 1.82) is 0 Å². The number of aromatic amines is 1. The minimum Gasteiger partial charge on any atom is -0.352 e. The number of nitrogens with one attached hydrogen (secondary N) is 1. The van der Waals surface area contributed by atoms with E-state index in [2.05, 4.69) is 25.3 Å². The average Bonchev–Trinajstić information content (AvgIpc) is 3.17. The maximum absolute atomic E-state index is 12.5. The molecule has 1 N–H and O–H groups in total. The zero-order valence-corrected chi connectivity index (χ0v) is 14.0. The molecule has 0 aliphatic carbocycles. The Hall–Kier alpha value is -2.53. The fourth-order valence-corrected chi connectivity index (χ4v) is 3.89. The Morgan fingerprint density at radius 2 is 2.08 bits per heavy atom. The summed E-state index contributed by atoms with van der Waals surface area (Å²) < 4.78 is 28.0. The second-order valence-electron chi connectivity index (χ2n) is 5.70. The number of H-pyrrole nitrogens is 1. The van der Waals surface area contributed by atoms with Gasteiger partial charge in [0.2, 0.25) is 0 Å². The number of likely N-dealkylation sites (N-methyl/N-ethyl adjacent to an activating group) is 1. The molecule has 1 saturated heterocycles. The van der Waals surface area contributed by atoms with Crippen molar-refractivity contribution in [3.8, 4) is 0 Å². The predicted octanol–water partition coefficient (Wildman–Crippen LogP) is -0.335. The van der Waals surface area contributed by atoms with Crippen LogP contribution in [0.25, 0.3) is 5.65 Å². The number of hydrogen-bond donors (Lipinski definition) is 1. The standard InChI is InChI=1S/C13H16N8O2S/c1-9-16-17-11-3-4-12(18-21(9)11)20-6-10(7-20)19(2)24(22,23)13-5-14-8-15-13/h3-5,8,10H,6-7H2,1-2H3,(H,14,15). The van der Waals surface area contributed by atoms with E-state index >= 15 is 0 Å². The smallest absolute Gasteiger partial charge is 0.260 e. The molecule has 0 spiro atoms. The molecule has 0 aromatic carbocycles. The van der Waals surface area contributed by atoms with Gasteiger partial charge in [-0.25, -0.2) is 13.4 Å². The monoisotopic (exact) mass is 348 g/mol. The number of aromatic nitrogens is 6. The Morgan fingerprint density at radius 1 is 1.29 bits per heavy atom. The fourth-order valence-electron chi connectivity index (χ4n) is 2.66. The molecule has 0 saturated carbocycles. The minimum atomic E-state index is -3.55. The second-order valence-corrected chi connectivity index (χ2v) is 7.67. The Morgan fingerprint density at radius 3 is 2.79 bits per heavy atom. The van der Waals surface area contributed by atoms with Gasteiger partial charge in [-0.3, -0.25) is 0 Å². The number of hydrogen-bond acceptors (Lipinski definition) is 7. The highest BCUT2D eigenvalue weighted by atomic mass is 32.2. The lowest BCUT2D eigenvalue weighted by molar-refractivity contribution is 0.308. The van der Waals surface area contributed by atoms with E-state index in [9.17, 15) is 8.42 Å². The van der Waals surface area contributed by atoms with Crippen molar-refractivity contribution in [2.75, 3.05) is 25.0 Å². The van der Waals surface area contributed by atoms with Crippen LogP contribution in [-0.2, 0) is 10.0 Å². The zero-order valence-electron chi connectivity index (χ0n) is 13.2. The molecule has 4 rings (SSSR count). The van der Waals surface area contributed by atoms with Crippen LogP contribution in [0.5, 0.6) is 0 Å². The molecule has 0 atom stereocenters. The van der Waals surface area contributed by atoms with Crippen LogP contribution in [0.15, 0.2) is 29.7 Å². The molecule has 0 unspecified atom stereocenters. The highest BCUT2D eigenvalue weighted by molar-refractivity contribution is 7.89. The normalized spacial score (nSPS) is 16.0. The molecule has 1 aliphatic rings. The summed E-state index contributed by atoms with van der Waals surface area (Å²) >= 11 is 0. The SMILES string of the molecule is Cc1nnc2ccc(N3CC(N(C)S(=O)(=O)c4cnc[nH]4)C3)nn12. The lowest BCUT2D eigenvalue weighted by Gasteiger charge is -2.43. The first-order chi connectivity index (χ1) is 11.5. The number of anilines is 1. The Labute approximate surface area is 138 Å². The largest absolute Gasteiger partial charge is 0.352 e. The van der Waals surface area contributed by atoms with E-state index < -0.39 is 10.0 Å². The maximum atomic E-state index is 12.5. The van der Waals surface area contributed by atoms with Crippen LogP contribution in [-0.4, -0.2) is 68.7 Å². The quantitative estimate of drug-likeness (QED) is 0.686. The summed E-state index contributed by atoms with van der Waals surface area (Å²) in [6.07, 6.45) is 2.67. The molecule has 0 amide bonds. The van der Waals surface area contributed by atoms with E-state index in [1.165, 1.54) is 16.8 Å². The van der Waals surface area contributed by atoms with Crippen molar-refractivity contribution in [3.05, 3.63) is 30.5 Å². The number of imidazole rings is 1. The van der Waals surface area contributed by atoms with Crippen LogP contribution >= 0.6 is 0 Å². The summed E-state index contributed by atoms with van der Waals surface area (Å²) in [7, 11) is -1.97. The lowest BCUT2D eigenvalue weighted by Crippen LogP contribution is -2.60. The molecule has 0 bridgehead atoms. The zero-order chi connectivity index (χ0) is 16.9. The highest BCUT2D eigenvalue weighted by Gasteiger charge is 2.37. The summed E-state index contributed by atoms with van der Waals surface area (Å²) in [6.45, 7) is 2.98. The van der Waals surface area contributed by atoms with E-state index in [1.807, 2.05) is 24.0 Å². The highest BCUT2D eigenvalue weighted by Crippen LogP contribution is 2.24. The summed E-state index contributed by atoms with van der Waals surface area (Å²) in [4.78, 5) is 8.43. The first-order valence-corrected chi connectivity index (χ1v) is 8.81. The van der Waals surface area contributed by atoms with Crippen LogP contribution in [0, 0.1) is 6.92 Å². The third-order valence-electron chi connectivity index (χ3n) is 4.24. The number of fused-ring (bicyclic) bond motifs is 1. The molecule has 0 radical (unpaired) electrons. The van der Waals surface area contributed by atoms with Crippen molar-refractivity contribution in [2.24, 2.45) is 0 Å². The van der Waals surface area contributed by atoms with Gasteiger partial charge in [-0.2, -0.15) is 8.82 Å². The van der Waals surface area contributed by atoms with Crippen LogP contribution < -0.4 is 4.90 Å². The number of rotatable bonds is 4. The first-order valence-electron chi connectivity index (χ1n) is 7.37. The van der Waals surface area contributed by atoms with E-state index in [4.69, 9.17) is 0 Å². The molecule has 126 valence electrons. The summed E-state index contributed by atoms with van der Waals surface area (Å²) in [5.41, 5.74) is 0.687. The van der Waals surface area contributed by atoms with Crippen molar-refractivity contribution in [2.45, 2.75) is 18.0 Å². The van der Waals surface area contributed by atoms with Gasteiger partial charge in [0.15, 0.2) is 16.5 Å². The maximum Gasteiger partial charge on any atom is 0.260 e. The lowest BCUT2D eigenvalue weighted by atomic mass is 10.1. The van der Waals surface area contributed by atoms with Crippen molar-refractivity contribution < 1.29 is 8.42 Å². The molecular weight excluding hydrogens is 332 g/mol. The minimum absolute atomic E-state index is 0.100. The van der Waals surface area contributed by atoms with Gasteiger partial charge in [-0.1, -0.05) is 0 Å². The topological polar surface area (TPSA) is 112 Å². The van der Waals surface area contributed by atoms with E-state index in [1.54, 1.807) is 11.6 Å². The van der Waals surface area contributed by atoms with Crippen molar-refractivity contribution in [3.63, 3.8) is 0 Å². The van der Waals surface area contributed by atoms with Gasteiger partial charge in [0.25, 0.3) is 10.0 Å².